The molecular weight excluding hydrogens is 426 g/mol. The van der Waals surface area contributed by atoms with Crippen LogP contribution in [0.2, 0.25) is 5.02 Å². The monoisotopic (exact) mass is 445 g/mol. The first-order chi connectivity index (χ1) is 15.0. The van der Waals surface area contributed by atoms with E-state index < -0.39 is 18.0 Å². The highest BCUT2D eigenvalue weighted by molar-refractivity contribution is 6.35. The Morgan fingerprint density at radius 3 is 2.55 bits per heavy atom. The van der Waals surface area contributed by atoms with Crippen LogP contribution in [0.4, 0.5) is 0 Å². The molecule has 4 rings (SSSR count). The summed E-state index contributed by atoms with van der Waals surface area (Å²) in [5.74, 6) is -0.593. The zero-order valence-corrected chi connectivity index (χ0v) is 17.2. The molecule has 3 amide bonds. The molecule has 1 fully saturated rings. The van der Waals surface area contributed by atoms with Gasteiger partial charge in [-0.1, -0.05) is 17.7 Å². The van der Waals surface area contributed by atoms with Crippen LogP contribution < -0.4 is 20.1 Å². The van der Waals surface area contributed by atoms with Gasteiger partial charge >= 0.3 is 11.8 Å². The maximum atomic E-state index is 12.7. The Kier molecular flexibility index (Phi) is 6.24. The van der Waals surface area contributed by atoms with Crippen molar-refractivity contribution in [2.75, 3.05) is 26.5 Å². The van der Waals surface area contributed by atoms with Crippen molar-refractivity contribution in [2.24, 2.45) is 0 Å². The van der Waals surface area contributed by atoms with Gasteiger partial charge in [-0.25, -0.2) is 0 Å². The van der Waals surface area contributed by atoms with Crippen LogP contribution in [-0.4, -0.2) is 55.3 Å². The molecule has 0 saturated carbocycles. The second-order valence-electron chi connectivity index (χ2n) is 6.91. The molecule has 2 aromatic carbocycles. The van der Waals surface area contributed by atoms with E-state index in [0.29, 0.717) is 35.2 Å². The lowest BCUT2D eigenvalue weighted by Gasteiger charge is -2.23. The van der Waals surface area contributed by atoms with Crippen LogP contribution in [0.3, 0.4) is 0 Å². The minimum atomic E-state index is -0.810. The second-order valence-corrected chi connectivity index (χ2v) is 7.35. The first kappa shape index (κ1) is 21.0. The summed E-state index contributed by atoms with van der Waals surface area (Å²) in [7, 11) is 0. The number of rotatable bonds is 5. The first-order valence-corrected chi connectivity index (χ1v) is 10.0. The maximum absolute atomic E-state index is 12.7. The summed E-state index contributed by atoms with van der Waals surface area (Å²) in [6.07, 6.45) is -0.659. The van der Waals surface area contributed by atoms with Crippen LogP contribution in [0.25, 0.3) is 0 Å². The van der Waals surface area contributed by atoms with Crippen molar-refractivity contribution in [3.63, 3.8) is 0 Å². The van der Waals surface area contributed by atoms with Gasteiger partial charge in [-0.15, -0.1) is 0 Å². The molecule has 162 valence electrons. The number of nitrogens with zero attached hydrogens (tertiary/aromatic N) is 1. The number of carbonyl (C=O) groups is 3. The highest BCUT2D eigenvalue weighted by Crippen LogP contribution is 2.32. The van der Waals surface area contributed by atoms with Crippen molar-refractivity contribution in [3.8, 4) is 11.5 Å². The number of fused-ring (bicyclic) bond motifs is 1. The molecule has 2 aliphatic heterocycles. The minimum absolute atomic E-state index is 0.00436. The maximum Gasteiger partial charge on any atom is 0.309 e. The zero-order valence-electron chi connectivity index (χ0n) is 16.4. The van der Waals surface area contributed by atoms with E-state index in [1.807, 2.05) is 0 Å². The molecule has 2 aromatic rings. The van der Waals surface area contributed by atoms with E-state index in [0.717, 1.165) is 5.56 Å². The summed E-state index contributed by atoms with van der Waals surface area (Å²) >= 11 is 5.86. The molecule has 0 aromatic heterocycles. The third-order valence-electron chi connectivity index (χ3n) is 4.88. The number of ether oxygens (including phenoxy) is 3. The average molecular weight is 446 g/mol. The van der Waals surface area contributed by atoms with E-state index in [1.165, 1.54) is 4.90 Å². The van der Waals surface area contributed by atoms with Crippen molar-refractivity contribution < 1.29 is 28.6 Å². The van der Waals surface area contributed by atoms with E-state index in [2.05, 4.69) is 10.6 Å². The fourth-order valence-corrected chi connectivity index (χ4v) is 3.38. The van der Waals surface area contributed by atoms with E-state index in [1.54, 1.807) is 42.5 Å². The standard InChI is InChI=1S/C21H20ClN3O6/c22-15-4-2-14(3-5-15)21(28)25-7-8-29-18(25)11-24-20(27)19(26)23-10-13-1-6-16-17(9-13)31-12-30-16/h1-6,9,18H,7-8,10-12H2,(H,23,26)(H,24,27)/t18-/m1/s1. The molecule has 0 bridgehead atoms. The summed E-state index contributed by atoms with van der Waals surface area (Å²) < 4.78 is 16.1. The van der Waals surface area contributed by atoms with Crippen LogP contribution in [0.5, 0.6) is 11.5 Å². The van der Waals surface area contributed by atoms with Gasteiger partial charge in [-0.05, 0) is 42.0 Å². The van der Waals surface area contributed by atoms with E-state index >= 15 is 0 Å². The lowest BCUT2D eigenvalue weighted by Crippen LogP contribution is -2.47. The van der Waals surface area contributed by atoms with Gasteiger partial charge < -0.3 is 29.7 Å². The molecule has 0 radical (unpaired) electrons. The van der Waals surface area contributed by atoms with Crippen LogP contribution >= 0.6 is 11.6 Å². The first-order valence-electron chi connectivity index (χ1n) is 9.64. The van der Waals surface area contributed by atoms with Crippen LogP contribution in [0.15, 0.2) is 42.5 Å². The van der Waals surface area contributed by atoms with Gasteiger partial charge in [0.2, 0.25) is 6.79 Å². The smallest absolute Gasteiger partial charge is 0.309 e. The molecule has 1 atom stereocenters. The normalized spacial score (nSPS) is 16.8. The van der Waals surface area contributed by atoms with Gasteiger partial charge in [-0.3, -0.25) is 14.4 Å². The fraction of sp³-hybridized carbons (Fsp3) is 0.286. The van der Waals surface area contributed by atoms with E-state index in [4.69, 9.17) is 25.8 Å². The number of benzene rings is 2. The predicted octanol–water partition coefficient (Wildman–Crippen LogP) is 1.30. The quantitative estimate of drug-likeness (QED) is 0.672. The van der Waals surface area contributed by atoms with Gasteiger partial charge in [0.25, 0.3) is 5.91 Å². The predicted molar refractivity (Wildman–Crippen MR) is 110 cm³/mol. The molecule has 1 saturated heterocycles. The Balaban J connectivity index is 1.26. The van der Waals surface area contributed by atoms with Gasteiger partial charge in [0.1, 0.15) is 6.23 Å². The highest BCUT2D eigenvalue weighted by Gasteiger charge is 2.31. The van der Waals surface area contributed by atoms with Crippen molar-refractivity contribution in [1.29, 1.82) is 0 Å². The Morgan fingerprint density at radius 2 is 1.74 bits per heavy atom. The number of amides is 3. The average Bonchev–Trinajstić information content (AvgIpc) is 3.44. The van der Waals surface area contributed by atoms with Crippen LogP contribution in [-0.2, 0) is 20.9 Å². The van der Waals surface area contributed by atoms with Gasteiger partial charge in [0, 0.05) is 23.7 Å². The Bertz CT molecular complexity index is 997. The minimum Gasteiger partial charge on any atom is -0.454 e. The van der Waals surface area contributed by atoms with Gasteiger partial charge in [0.05, 0.1) is 13.2 Å². The number of halogens is 1. The molecule has 31 heavy (non-hydrogen) atoms. The largest absolute Gasteiger partial charge is 0.454 e. The molecule has 0 unspecified atom stereocenters. The van der Waals surface area contributed by atoms with Gasteiger partial charge in [0.15, 0.2) is 11.5 Å². The Morgan fingerprint density at radius 1 is 1.00 bits per heavy atom. The fourth-order valence-electron chi connectivity index (χ4n) is 3.25. The summed E-state index contributed by atoms with van der Waals surface area (Å²) in [6, 6.07) is 11.8. The third-order valence-corrected chi connectivity index (χ3v) is 5.13. The number of hydrogen-bond donors (Lipinski definition) is 2. The molecule has 2 aliphatic rings. The molecule has 10 heteroatoms. The third kappa shape index (κ3) is 4.89. The lowest BCUT2D eigenvalue weighted by molar-refractivity contribution is -0.139. The molecule has 2 N–H and O–H groups in total. The summed E-state index contributed by atoms with van der Waals surface area (Å²) in [4.78, 5) is 38.4. The van der Waals surface area contributed by atoms with E-state index in [9.17, 15) is 14.4 Å². The van der Waals surface area contributed by atoms with Crippen molar-refractivity contribution >= 4 is 29.3 Å². The van der Waals surface area contributed by atoms with Crippen molar-refractivity contribution in [1.82, 2.24) is 15.5 Å². The molecule has 9 nitrogen and oxygen atoms in total. The van der Waals surface area contributed by atoms with Crippen molar-refractivity contribution in [3.05, 3.63) is 58.6 Å². The summed E-state index contributed by atoms with van der Waals surface area (Å²) in [5.41, 5.74) is 1.23. The van der Waals surface area contributed by atoms with Crippen LogP contribution in [0, 0.1) is 0 Å². The molecular formula is C21H20ClN3O6. The highest BCUT2D eigenvalue weighted by atomic mass is 35.5. The number of carbonyl (C=O) groups excluding carboxylic acids is 3. The SMILES string of the molecule is O=C(NCc1ccc2c(c1)OCO2)C(=O)NC[C@H]1OCCN1C(=O)c1ccc(Cl)cc1. The summed E-state index contributed by atoms with van der Waals surface area (Å²) in [6.45, 7) is 1.04. The Hall–Kier alpha value is -3.30. The molecule has 0 aliphatic carbocycles. The number of nitrogens with one attached hydrogen (secondary N) is 2. The topological polar surface area (TPSA) is 106 Å². The zero-order chi connectivity index (χ0) is 21.8. The van der Waals surface area contributed by atoms with Crippen LogP contribution in [0.1, 0.15) is 15.9 Å². The van der Waals surface area contributed by atoms with Gasteiger partial charge in [-0.2, -0.15) is 0 Å². The molecule has 2 heterocycles. The number of hydrogen-bond acceptors (Lipinski definition) is 6. The summed E-state index contributed by atoms with van der Waals surface area (Å²) in [5, 5.41) is 5.59. The second kappa shape index (κ2) is 9.23. The molecule has 0 spiro atoms. The van der Waals surface area contributed by atoms with E-state index in [-0.39, 0.29) is 25.8 Å². The Labute approximate surface area is 183 Å². The lowest BCUT2D eigenvalue weighted by atomic mass is 10.2. The van der Waals surface area contributed by atoms with Crippen molar-refractivity contribution in [2.45, 2.75) is 12.8 Å².